The van der Waals surface area contributed by atoms with Crippen molar-refractivity contribution in [2.75, 3.05) is 0 Å². The largest absolute Gasteiger partial charge is 0.309 e. The average Bonchev–Trinajstić information content (AvgIpc) is 1.57. The predicted octanol–water partition coefficient (Wildman–Crippen LogP) is 25.7. The zero-order valence-corrected chi connectivity index (χ0v) is 59.2. The first-order valence-electron chi connectivity index (χ1n) is 34.0. The highest BCUT2D eigenvalue weighted by Gasteiger charge is 2.38. The molecule has 0 aliphatic heterocycles. The van der Waals surface area contributed by atoms with Crippen molar-refractivity contribution in [1.82, 2.24) is 9.13 Å². The second-order valence-electron chi connectivity index (χ2n) is 33.6. The SMILES string of the molecule is CC(C)(C)c1ccc(-c2ccc3c(c2)c(-c2ccc(C(C)(C)C)cc2)c(-c2ccc(C(C)(C)C)cc2)n3-c2ccc3c(c2)C(C)(C)c2cc(-n4c(-c5ccc(C(C)(C)C)cc5)c(-c5ccc(C(C)(C)C)cc5)c5cc(-c6ccc(C(C)(C)C)cc6)ccc54)ccc2-3)cc1. The van der Waals surface area contributed by atoms with Gasteiger partial charge in [-0.1, -0.05) is 308 Å². The summed E-state index contributed by atoms with van der Waals surface area (Å²) in [5.41, 5.74) is 32.2. The number of nitrogens with zero attached hydrogens (tertiary/aromatic N) is 2. The molecule has 2 aromatic heterocycles. The van der Waals surface area contributed by atoms with Gasteiger partial charge in [-0.2, -0.15) is 0 Å². The Hall–Kier alpha value is -8.72. The summed E-state index contributed by atoms with van der Waals surface area (Å²) in [6, 6.07) is 85.3. The van der Waals surface area contributed by atoms with Gasteiger partial charge in [-0.25, -0.2) is 0 Å². The summed E-state index contributed by atoms with van der Waals surface area (Å²) in [6.07, 6.45) is 0. The molecule has 1 aliphatic carbocycles. The van der Waals surface area contributed by atoms with E-state index in [0.717, 1.165) is 11.4 Å². The van der Waals surface area contributed by atoms with Gasteiger partial charge in [-0.3, -0.25) is 0 Å². The zero-order valence-electron chi connectivity index (χ0n) is 59.2. The Morgan fingerprint density at radius 3 is 0.731 bits per heavy atom. The molecule has 1 aliphatic rings. The van der Waals surface area contributed by atoms with E-state index in [4.69, 9.17) is 0 Å². The summed E-state index contributed by atoms with van der Waals surface area (Å²) in [7, 11) is 0. The lowest BCUT2D eigenvalue weighted by Crippen LogP contribution is -2.16. The molecule has 2 heterocycles. The van der Waals surface area contributed by atoms with Gasteiger partial charge in [0.1, 0.15) is 0 Å². The van der Waals surface area contributed by atoms with Gasteiger partial charge in [0.15, 0.2) is 0 Å². The zero-order chi connectivity index (χ0) is 66.3. The molecule has 2 heteroatoms. The Morgan fingerprint density at radius 1 is 0.237 bits per heavy atom. The maximum absolute atomic E-state index is 2.58. The van der Waals surface area contributed by atoms with Crippen LogP contribution in [0.15, 0.2) is 218 Å². The minimum Gasteiger partial charge on any atom is -0.309 e. The third kappa shape index (κ3) is 11.4. The van der Waals surface area contributed by atoms with Gasteiger partial charge < -0.3 is 9.13 Å². The van der Waals surface area contributed by atoms with Crippen LogP contribution in [-0.2, 0) is 37.9 Å². The first-order chi connectivity index (χ1) is 43.6. The van der Waals surface area contributed by atoms with Crippen molar-refractivity contribution < 1.29 is 0 Å². The maximum atomic E-state index is 2.58. The summed E-state index contributed by atoms with van der Waals surface area (Å²) in [6.45, 7) is 46.3. The Bertz CT molecular complexity index is 4510. The summed E-state index contributed by atoms with van der Waals surface area (Å²) >= 11 is 0. The quantitative estimate of drug-likeness (QED) is 0.143. The fraction of sp³-hybridized carbons (Fsp3) is 0.297. The topological polar surface area (TPSA) is 9.86 Å². The lowest BCUT2D eigenvalue weighted by Gasteiger charge is -2.24. The van der Waals surface area contributed by atoms with Crippen molar-refractivity contribution in [1.29, 1.82) is 0 Å². The molecule has 0 N–H and O–H groups in total. The standard InChI is InChI=1S/C91H96N2/c1-85(2,3)65-35-21-57(22-36-65)63-33-51-79-75(53-63)81(59-25-39-67(40-26-59)87(7,8)9)83(61-29-43-69(44-30-61)89(13,14)15)92(79)71-47-49-73-74-50-48-72(56-78(74)91(19,20)77(73)55-71)93-80-52-34-64(58-23-37-66(38-24-58)86(4,5)6)54-76(80)82(60-27-41-68(42-28-60)88(10,11)12)84(93)62-31-45-70(46-32-62)90(16,17)18/h21-56H,1-20H3. The molecule has 0 saturated carbocycles. The molecule has 0 unspecified atom stereocenters. The summed E-state index contributed by atoms with van der Waals surface area (Å²) in [5.74, 6) is 0. The highest BCUT2D eigenvalue weighted by molar-refractivity contribution is 6.09. The van der Waals surface area contributed by atoms with E-state index in [0.29, 0.717) is 0 Å². The molecule has 0 fully saturated rings. The number of rotatable bonds is 8. The summed E-state index contributed by atoms with van der Waals surface area (Å²) in [5, 5.41) is 2.47. The van der Waals surface area contributed by atoms with Crippen LogP contribution in [0.5, 0.6) is 0 Å². The van der Waals surface area contributed by atoms with Crippen molar-refractivity contribution in [3.8, 4) is 89.5 Å². The highest BCUT2D eigenvalue weighted by atomic mass is 15.0. The van der Waals surface area contributed by atoms with E-state index < -0.39 is 0 Å². The lowest BCUT2D eigenvalue weighted by molar-refractivity contribution is 0.590. The number of fused-ring (bicyclic) bond motifs is 5. The van der Waals surface area contributed by atoms with Crippen molar-refractivity contribution in [3.63, 3.8) is 0 Å². The normalized spacial score (nSPS) is 13.7. The van der Waals surface area contributed by atoms with Crippen LogP contribution >= 0.6 is 0 Å². The molecule has 13 rings (SSSR count). The van der Waals surface area contributed by atoms with Crippen LogP contribution in [-0.4, -0.2) is 9.13 Å². The van der Waals surface area contributed by atoms with Gasteiger partial charge in [0.05, 0.1) is 22.4 Å². The molecule has 0 atom stereocenters. The number of benzene rings is 10. The minimum atomic E-state index is -0.359. The van der Waals surface area contributed by atoms with E-state index >= 15 is 0 Å². The molecular weight excluding hydrogens is 1120 g/mol. The molecule has 93 heavy (non-hydrogen) atoms. The van der Waals surface area contributed by atoms with Gasteiger partial charge in [0.25, 0.3) is 0 Å². The van der Waals surface area contributed by atoms with Gasteiger partial charge in [-0.05, 0) is 181 Å². The van der Waals surface area contributed by atoms with Crippen LogP contribution in [0.25, 0.3) is 111 Å². The first-order valence-corrected chi connectivity index (χ1v) is 34.0. The number of aromatic nitrogens is 2. The third-order valence-corrected chi connectivity index (χ3v) is 20.4. The van der Waals surface area contributed by atoms with Crippen molar-refractivity contribution in [2.45, 2.75) is 176 Å². The molecule has 0 bridgehead atoms. The molecule has 470 valence electrons. The van der Waals surface area contributed by atoms with E-state index in [2.05, 4.69) is 366 Å². The number of hydrogen-bond acceptors (Lipinski definition) is 0. The van der Waals surface area contributed by atoms with Crippen LogP contribution in [0.3, 0.4) is 0 Å². The fourth-order valence-electron chi connectivity index (χ4n) is 14.5. The monoisotopic (exact) mass is 1220 g/mol. The minimum absolute atomic E-state index is 0.00597. The molecule has 0 saturated heterocycles. The van der Waals surface area contributed by atoms with E-state index in [1.165, 1.54) is 144 Å². The van der Waals surface area contributed by atoms with Crippen molar-refractivity contribution in [2.24, 2.45) is 0 Å². The Balaban J connectivity index is 1.02. The van der Waals surface area contributed by atoms with Gasteiger partial charge in [0.2, 0.25) is 0 Å². The fourth-order valence-corrected chi connectivity index (χ4v) is 14.5. The van der Waals surface area contributed by atoms with E-state index in [1.54, 1.807) is 0 Å². The summed E-state index contributed by atoms with van der Waals surface area (Å²) in [4.78, 5) is 0. The average molecular weight is 1220 g/mol. The van der Waals surface area contributed by atoms with E-state index in [1.807, 2.05) is 0 Å². The van der Waals surface area contributed by atoms with Crippen LogP contribution in [0.4, 0.5) is 0 Å². The van der Waals surface area contributed by atoms with Gasteiger partial charge in [0, 0.05) is 38.7 Å². The molecule has 12 aromatic rings. The second-order valence-corrected chi connectivity index (χ2v) is 33.6. The van der Waals surface area contributed by atoms with Gasteiger partial charge >= 0.3 is 0 Å². The van der Waals surface area contributed by atoms with Crippen LogP contribution in [0.1, 0.15) is 183 Å². The molecule has 0 spiro atoms. The smallest absolute Gasteiger partial charge is 0.0619 e. The predicted molar refractivity (Wildman–Crippen MR) is 402 cm³/mol. The molecule has 2 nitrogen and oxygen atoms in total. The van der Waals surface area contributed by atoms with Gasteiger partial charge in [-0.15, -0.1) is 0 Å². The summed E-state index contributed by atoms with van der Waals surface area (Å²) < 4.78 is 5.16. The molecule has 0 radical (unpaired) electrons. The van der Waals surface area contributed by atoms with E-state index in [9.17, 15) is 0 Å². The van der Waals surface area contributed by atoms with Crippen LogP contribution < -0.4 is 0 Å². The van der Waals surface area contributed by atoms with Crippen LogP contribution in [0.2, 0.25) is 0 Å². The Labute approximate surface area is 556 Å². The van der Waals surface area contributed by atoms with Crippen molar-refractivity contribution >= 4 is 21.8 Å². The van der Waals surface area contributed by atoms with E-state index in [-0.39, 0.29) is 37.9 Å². The Kier molecular flexibility index (Phi) is 15.1. The molecule has 0 amide bonds. The van der Waals surface area contributed by atoms with Crippen molar-refractivity contribution in [3.05, 3.63) is 263 Å². The number of hydrogen-bond donors (Lipinski definition) is 0. The van der Waals surface area contributed by atoms with Crippen LogP contribution in [0, 0.1) is 0 Å². The second kappa shape index (κ2) is 22.2. The highest BCUT2D eigenvalue weighted by Crippen LogP contribution is 2.53. The Morgan fingerprint density at radius 2 is 0.473 bits per heavy atom. The third-order valence-electron chi connectivity index (χ3n) is 20.4. The lowest BCUT2D eigenvalue weighted by atomic mass is 9.82. The molecular formula is C91H96N2. The first kappa shape index (κ1) is 63.1. The molecule has 10 aromatic carbocycles. The maximum Gasteiger partial charge on any atom is 0.0619 e.